The summed E-state index contributed by atoms with van der Waals surface area (Å²) < 4.78 is 10.8. The maximum Gasteiger partial charge on any atom is 0.173 e. The van der Waals surface area contributed by atoms with E-state index in [1.54, 1.807) is 13.4 Å². The number of benzene rings is 1. The quantitative estimate of drug-likeness (QED) is 0.679. The third-order valence-electron chi connectivity index (χ3n) is 4.89. The van der Waals surface area contributed by atoms with E-state index in [4.69, 9.17) is 21.4 Å². The van der Waals surface area contributed by atoms with E-state index in [1.165, 1.54) is 32.4 Å². The van der Waals surface area contributed by atoms with Crippen LogP contribution >= 0.6 is 12.2 Å². The van der Waals surface area contributed by atoms with Gasteiger partial charge in [0.1, 0.15) is 11.5 Å². The second-order valence-electron chi connectivity index (χ2n) is 6.92. The normalized spacial score (nSPS) is 14.7. The number of likely N-dealkylation sites (tertiary alicyclic amines) is 1. The number of rotatable bonds is 8. The summed E-state index contributed by atoms with van der Waals surface area (Å²) in [5.41, 5.74) is 0.930. The van der Waals surface area contributed by atoms with Crippen LogP contribution in [0.25, 0.3) is 0 Å². The van der Waals surface area contributed by atoms with Gasteiger partial charge >= 0.3 is 0 Å². The molecule has 2 heterocycles. The van der Waals surface area contributed by atoms with Crippen LogP contribution in [0.1, 0.15) is 31.4 Å². The number of methoxy groups -OCH3 is 1. The van der Waals surface area contributed by atoms with E-state index in [0.29, 0.717) is 11.7 Å². The highest BCUT2D eigenvalue weighted by Crippen LogP contribution is 2.18. The van der Waals surface area contributed by atoms with Crippen LogP contribution in [0, 0.1) is 0 Å². The van der Waals surface area contributed by atoms with Crippen molar-refractivity contribution in [3.8, 4) is 5.75 Å². The number of nitrogens with zero attached hydrogens (tertiary/aromatic N) is 2. The molecular formula is C21H29N3O2S. The van der Waals surface area contributed by atoms with Gasteiger partial charge < -0.3 is 24.3 Å². The Morgan fingerprint density at radius 3 is 2.81 bits per heavy atom. The Kier molecular flexibility index (Phi) is 7.54. The van der Waals surface area contributed by atoms with Crippen molar-refractivity contribution in [2.24, 2.45) is 0 Å². The van der Waals surface area contributed by atoms with Crippen LogP contribution in [0.15, 0.2) is 47.1 Å². The fraction of sp³-hybridized carbons (Fsp3) is 0.476. The minimum atomic E-state index is 0.669. The van der Waals surface area contributed by atoms with Crippen molar-refractivity contribution in [2.75, 3.05) is 38.6 Å². The first-order valence-corrected chi connectivity index (χ1v) is 10.1. The van der Waals surface area contributed by atoms with E-state index >= 15 is 0 Å². The molecule has 0 spiro atoms. The number of hydrogen-bond acceptors (Lipinski definition) is 4. The number of furan rings is 1. The molecule has 0 unspecified atom stereocenters. The van der Waals surface area contributed by atoms with Crippen LogP contribution in [-0.2, 0) is 6.54 Å². The monoisotopic (exact) mass is 387 g/mol. The molecule has 1 aliphatic rings. The first kappa shape index (κ1) is 19.7. The highest BCUT2D eigenvalue weighted by Gasteiger charge is 2.14. The number of piperidine rings is 1. The highest BCUT2D eigenvalue weighted by molar-refractivity contribution is 7.80. The smallest absolute Gasteiger partial charge is 0.173 e. The molecule has 0 amide bonds. The van der Waals surface area contributed by atoms with Crippen LogP contribution in [-0.4, -0.2) is 48.2 Å². The van der Waals surface area contributed by atoms with E-state index in [9.17, 15) is 0 Å². The zero-order chi connectivity index (χ0) is 18.9. The van der Waals surface area contributed by atoms with Gasteiger partial charge in [0.05, 0.1) is 19.9 Å². The summed E-state index contributed by atoms with van der Waals surface area (Å²) in [5.74, 6) is 1.73. The molecule has 1 aromatic carbocycles. The lowest BCUT2D eigenvalue weighted by molar-refractivity contribution is 0.217. The van der Waals surface area contributed by atoms with Crippen molar-refractivity contribution in [3.05, 3.63) is 48.4 Å². The van der Waals surface area contributed by atoms with Crippen molar-refractivity contribution in [1.29, 1.82) is 0 Å². The Bertz CT molecular complexity index is 699. The third kappa shape index (κ3) is 6.26. The minimum absolute atomic E-state index is 0.669. The molecule has 1 N–H and O–H groups in total. The van der Waals surface area contributed by atoms with E-state index in [1.807, 2.05) is 36.4 Å². The van der Waals surface area contributed by atoms with Crippen molar-refractivity contribution in [1.82, 2.24) is 9.80 Å². The number of ether oxygens (including phenoxy) is 1. The summed E-state index contributed by atoms with van der Waals surface area (Å²) in [7, 11) is 1.67. The van der Waals surface area contributed by atoms with Crippen LogP contribution < -0.4 is 10.1 Å². The van der Waals surface area contributed by atoms with Crippen LogP contribution in [0.5, 0.6) is 5.75 Å². The van der Waals surface area contributed by atoms with Gasteiger partial charge in [-0.1, -0.05) is 12.5 Å². The van der Waals surface area contributed by atoms with Crippen LogP contribution in [0.2, 0.25) is 0 Å². The lowest BCUT2D eigenvalue weighted by Crippen LogP contribution is -2.37. The summed E-state index contributed by atoms with van der Waals surface area (Å²) in [4.78, 5) is 4.74. The predicted octanol–water partition coefficient (Wildman–Crippen LogP) is 4.36. The lowest BCUT2D eigenvalue weighted by atomic mass is 10.1. The minimum Gasteiger partial charge on any atom is -0.497 e. The molecule has 0 saturated carbocycles. The third-order valence-corrected chi connectivity index (χ3v) is 5.25. The first-order chi connectivity index (χ1) is 13.2. The van der Waals surface area contributed by atoms with E-state index in [-0.39, 0.29) is 0 Å². The highest BCUT2D eigenvalue weighted by atomic mass is 32.1. The summed E-state index contributed by atoms with van der Waals surface area (Å²) >= 11 is 5.70. The molecular weight excluding hydrogens is 358 g/mol. The Morgan fingerprint density at radius 1 is 1.22 bits per heavy atom. The molecule has 146 valence electrons. The molecule has 5 nitrogen and oxygen atoms in total. The zero-order valence-electron chi connectivity index (χ0n) is 16.0. The SMILES string of the molecule is COc1cccc(NC(=S)N(CCCN2CCCCC2)Cc2ccco2)c1. The standard InChI is InChI=1S/C21H29N3O2S/c1-25-19-9-5-8-18(16-19)22-21(27)24(17-20-10-6-15-26-20)14-7-13-23-11-3-2-4-12-23/h5-6,8-10,15-16H,2-4,7,11-14,17H2,1H3,(H,22,27). The molecule has 1 saturated heterocycles. The molecule has 0 bridgehead atoms. The topological polar surface area (TPSA) is 40.9 Å². The molecule has 0 radical (unpaired) electrons. The van der Waals surface area contributed by atoms with Gasteiger partial charge in [-0.3, -0.25) is 0 Å². The predicted molar refractivity (Wildman–Crippen MR) is 113 cm³/mol. The van der Waals surface area contributed by atoms with Gasteiger partial charge in [0.2, 0.25) is 0 Å². The maximum absolute atomic E-state index is 5.70. The molecule has 2 aromatic rings. The van der Waals surface area contributed by atoms with Gasteiger partial charge in [-0.05, 0) is 75.4 Å². The van der Waals surface area contributed by atoms with E-state index in [2.05, 4.69) is 15.1 Å². The number of hydrogen-bond donors (Lipinski definition) is 1. The number of nitrogens with one attached hydrogen (secondary N) is 1. The molecule has 1 aromatic heterocycles. The summed E-state index contributed by atoms with van der Waals surface area (Å²) in [5, 5.41) is 4.05. The lowest BCUT2D eigenvalue weighted by Gasteiger charge is -2.29. The molecule has 0 aliphatic carbocycles. The van der Waals surface area contributed by atoms with E-state index < -0.39 is 0 Å². The van der Waals surface area contributed by atoms with E-state index in [0.717, 1.165) is 36.7 Å². The second kappa shape index (κ2) is 10.3. The second-order valence-corrected chi connectivity index (χ2v) is 7.31. The maximum atomic E-state index is 5.70. The Labute approximate surface area is 167 Å². The average molecular weight is 388 g/mol. The van der Waals surface area contributed by atoms with Gasteiger partial charge in [0.25, 0.3) is 0 Å². The number of thiocarbonyl (C=S) groups is 1. The average Bonchev–Trinajstić information content (AvgIpc) is 3.21. The molecule has 0 atom stereocenters. The first-order valence-electron chi connectivity index (χ1n) is 9.69. The summed E-state index contributed by atoms with van der Waals surface area (Å²) in [6.07, 6.45) is 6.81. The molecule has 27 heavy (non-hydrogen) atoms. The van der Waals surface area contributed by atoms with Crippen molar-refractivity contribution in [3.63, 3.8) is 0 Å². The van der Waals surface area contributed by atoms with Gasteiger partial charge in [0.15, 0.2) is 5.11 Å². The summed E-state index contributed by atoms with van der Waals surface area (Å²) in [6.45, 7) is 5.14. The summed E-state index contributed by atoms with van der Waals surface area (Å²) in [6, 6.07) is 11.7. The fourth-order valence-electron chi connectivity index (χ4n) is 3.41. The van der Waals surface area contributed by atoms with Crippen molar-refractivity contribution in [2.45, 2.75) is 32.2 Å². The Morgan fingerprint density at radius 2 is 2.07 bits per heavy atom. The van der Waals surface area contributed by atoms with Gasteiger partial charge in [-0.2, -0.15) is 0 Å². The zero-order valence-corrected chi connectivity index (χ0v) is 16.8. The molecule has 1 aliphatic heterocycles. The van der Waals surface area contributed by atoms with Crippen LogP contribution in [0.3, 0.4) is 0 Å². The van der Waals surface area contributed by atoms with Gasteiger partial charge in [-0.25, -0.2) is 0 Å². The largest absolute Gasteiger partial charge is 0.497 e. The molecule has 6 heteroatoms. The van der Waals surface area contributed by atoms with Crippen molar-refractivity contribution < 1.29 is 9.15 Å². The molecule has 1 fully saturated rings. The number of anilines is 1. The fourth-order valence-corrected chi connectivity index (χ4v) is 3.69. The Hall–Kier alpha value is -2.05. The van der Waals surface area contributed by atoms with Crippen LogP contribution in [0.4, 0.5) is 5.69 Å². The van der Waals surface area contributed by atoms with Crippen molar-refractivity contribution >= 4 is 23.0 Å². The Balaban J connectivity index is 1.58. The van der Waals surface area contributed by atoms with Gasteiger partial charge in [0, 0.05) is 18.3 Å². The molecule has 3 rings (SSSR count). The van der Waals surface area contributed by atoms with Gasteiger partial charge in [-0.15, -0.1) is 0 Å².